The van der Waals surface area contributed by atoms with E-state index in [1.165, 1.54) is 0 Å². The molecule has 3 N–H and O–H groups in total. The van der Waals surface area contributed by atoms with Gasteiger partial charge in [-0.15, -0.1) is 0 Å². The largest absolute Gasteiger partial charge is 0.416 e. The molecule has 1 aliphatic rings. The van der Waals surface area contributed by atoms with E-state index >= 15 is 0 Å². The summed E-state index contributed by atoms with van der Waals surface area (Å²) in [6.07, 6.45) is -4.28. The summed E-state index contributed by atoms with van der Waals surface area (Å²) >= 11 is 0. The molecule has 1 saturated heterocycles. The number of carbonyl (C=O) groups excluding carboxylic acids is 2. The van der Waals surface area contributed by atoms with Gasteiger partial charge in [-0.1, -0.05) is 11.2 Å². The van der Waals surface area contributed by atoms with E-state index in [0.717, 1.165) is 37.6 Å². The summed E-state index contributed by atoms with van der Waals surface area (Å²) in [5.74, 6) is 0.251. The zero-order valence-corrected chi connectivity index (χ0v) is 22.2. The maximum atomic E-state index is 12.1. The highest BCUT2D eigenvalue weighted by molar-refractivity contribution is 5.92. The molecule has 0 spiro atoms. The van der Waals surface area contributed by atoms with Crippen LogP contribution in [0.15, 0.2) is 22.8 Å². The number of aromatic nitrogens is 4. The summed E-state index contributed by atoms with van der Waals surface area (Å²) in [5, 5.41) is 12.8. The maximum absolute atomic E-state index is 12.1. The molecule has 2 aromatic heterocycles. The highest BCUT2D eigenvalue weighted by Crippen LogP contribution is 2.31. The van der Waals surface area contributed by atoms with Crippen LogP contribution in [0.4, 0.5) is 31.1 Å². The van der Waals surface area contributed by atoms with Crippen LogP contribution in [0.1, 0.15) is 48.3 Å². The Kier molecular flexibility index (Phi) is 10.9. The third-order valence-electron chi connectivity index (χ3n) is 5.60. The van der Waals surface area contributed by atoms with Crippen LogP contribution >= 0.6 is 0 Å². The first-order valence-electron chi connectivity index (χ1n) is 11.7. The van der Waals surface area contributed by atoms with Gasteiger partial charge in [-0.2, -0.15) is 26.3 Å². The fourth-order valence-corrected chi connectivity index (χ4v) is 3.21. The molecule has 1 aromatic carbocycles. The predicted molar refractivity (Wildman–Crippen MR) is 129 cm³/mol. The molecule has 0 aliphatic carbocycles. The predicted octanol–water partition coefficient (Wildman–Crippen LogP) is 4.25. The summed E-state index contributed by atoms with van der Waals surface area (Å²) in [4.78, 5) is 33.4. The molecule has 3 heterocycles. The zero-order chi connectivity index (χ0) is 30.3. The van der Waals surface area contributed by atoms with E-state index in [-0.39, 0.29) is 30.2 Å². The Morgan fingerprint density at radius 1 is 1.25 bits per heavy atom. The number of hydrogen-bond donors (Lipinski definition) is 3. The number of methoxy groups -OCH3 is 1. The standard InChI is InChI=1S/C17H19N7O3.C5H9F3O.CHF3/c1-9-7-24(17(26)19-9)8-11-3-4-12-13(5-11)21-14(20-12)6-18-16(25)15-10(2)22-27-23-15;1-4(2,9-3)5(6,7)8;2-1(3)4/h3-5,9H,6-8H2,1-2H3,(H,18,25)(H,19,26)(H,20,21);1-3H3;1H. The van der Waals surface area contributed by atoms with E-state index in [0.29, 0.717) is 24.6 Å². The number of halogens is 6. The number of nitrogens with one attached hydrogen (secondary N) is 3. The van der Waals surface area contributed by atoms with E-state index < -0.39 is 18.5 Å². The van der Waals surface area contributed by atoms with Crippen molar-refractivity contribution in [2.75, 3.05) is 13.7 Å². The molecule has 17 heteroatoms. The van der Waals surface area contributed by atoms with Crippen LogP contribution in [-0.4, -0.2) is 75.3 Å². The number of ether oxygens (including phenoxy) is 1. The van der Waals surface area contributed by atoms with Gasteiger partial charge in [-0.3, -0.25) is 4.79 Å². The van der Waals surface area contributed by atoms with Gasteiger partial charge >= 0.3 is 18.9 Å². The number of benzene rings is 1. The van der Waals surface area contributed by atoms with E-state index in [1.807, 2.05) is 25.1 Å². The van der Waals surface area contributed by atoms with Crippen LogP contribution in [0.25, 0.3) is 11.0 Å². The lowest BCUT2D eigenvalue weighted by atomic mass is 10.1. The quantitative estimate of drug-likeness (QED) is 0.370. The normalized spacial score (nSPS) is 15.3. The van der Waals surface area contributed by atoms with Crippen molar-refractivity contribution in [1.29, 1.82) is 0 Å². The van der Waals surface area contributed by atoms with Gasteiger partial charge in [0.15, 0.2) is 11.3 Å². The molecular formula is C23H29F6N7O4. The Morgan fingerprint density at radius 3 is 2.38 bits per heavy atom. The highest BCUT2D eigenvalue weighted by Gasteiger charge is 2.47. The summed E-state index contributed by atoms with van der Waals surface area (Å²) in [5.41, 5.74) is 1.22. The lowest BCUT2D eigenvalue weighted by Crippen LogP contribution is -2.40. The second kappa shape index (κ2) is 13.5. The molecule has 1 aliphatic heterocycles. The van der Waals surface area contributed by atoms with Gasteiger partial charge in [0.1, 0.15) is 11.5 Å². The van der Waals surface area contributed by atoms with Gasteiger partial charge in [-0.25, -0.2) is 14.4 Å². The smallest absolute Gasteiger partial charge is 0.369 e. The van der Waals surface area contributed by atoms with E-state index in [2.05, 4.69) is 40.3 Å². The summed E-state index contributed by atoms with van der Waals surface area (Å²) in [6, 6.07) is 5.93. The van der Waals surface area contributed by atoms with Crippen LogP contribution in [0.5, 0.6) is 0 Å². The van der Waals surface area contributed by atoms with Crippen LogP contribution in [0, 0.1) is 6.92 Å². The number of nitrogens with zero attached hydrogens (tertiary/aromatic N) is 4. The number of urea groups is 1. The van der Waals surface area contributed by atoms with Gasteiger partial charge in [0, 0.05) is 26.2 Å². The van der Waals surface area contributed by atoms with Crippen molar-refractivity contribution < 1.29 is 45.3 Å². The number of imidazole rings is 1. The molecule has 11 nitrogen and oxygen atoms in total. The van der Waals surface area contributed by atoms with Crippen molar-refractivity contribution >= 4 is 23.0 Å². The lowest BCUT2D eigenvalue weighted by molar-refractivity contribution is -0.255. The van der Waals surface area contributed by atoms with Crippen LogP contribution in [0.3, 0.4) is 0 Å². The minimum absolute atomic E-state index is 0.0479. The lowest BCUT2D eigenvalue weighted by Gasteiger charge is -2.25. The number of hydrogen-bond acceptors (Lipinski definition) is 7. The van der Waals surface area contributed by atoms with Crippen LogP contribution in [0.2, 0.25) is 0 Å². The molecule has 3 aromatic rings. The summed E-state index contributed by atoms with van der Waals surface area (Å²) in [6.45, 7) is 3.37. The molecule has 1 unspecified atom stereocenters. The zero-order valence-electron chi connectivity index (χ0n) is 22.2. The van der Waals surface area contributed by atoms with E-state index in [4.69, 9.17) is 0 Å². The van der Waals surface area contributed by atoms with Gasteiger partial charge in [0.25, 0.3) is 5.91 Å². The molecule has 4 rings (SSSR count). The van der Waals surface area contributed by atoms with Crippen molar-refractivity contribution in [2.24, 2.45) is 0 Å². The first-order chi connectivity index (χ1) is 18.5. The summed E-state index contributed by atoms with van der Waals surface area (Å²) in [7, 11) is 1.04. The third kappa shape index (κ3) is 9.10. The molecule has 0 radical (unpaired) electrons. The van der Waals surface area contributed by atoms with Crippen molar-refractivity contribution in [3.8, 4) is 0 Å². The number of aryl methyl sites for hydroxylation is 1. The minimum atomic E-state index is -4.28. The maximum Gasteiger partial charge on any atom is 0.416 e. The van der Waals surface area contributed by atoms with Crippen molar-refractivity contribution in [3.63, 3.8) is 0 Å². The molecule has 40 heavy (non-hydrogen) atoms. The van der Waals surface area contributed by atoms with E-state index in [1.54, 1.807) is 11.8 Å². The van der Waals surface area contributed by atoms with E-state index in [9.17, 15) is 35.9 Å². The van der Waals surface area contributed by atoms with Gasteiger partial charge in [0.05, 0.1) is 17.6 Å². The van der Waals surface area contributed by atoms with Gasteiger partial charge in [0.2, 0.25) is 0 Å². The second-order valence-electron chi connectivity index (χ2n) is 9.11. The van der Waals surface area contributed by atoms with Crippen LogP contribution < -0.4 is 10.6 Å². The minimum Gasteiger partial charge on any atom is -0.369 e. The molecular weight excluding hydrogens is 552 g/mol. The average Bonchev–Trinajstić information content (AvgIpc) is 3.54. The number of carbonyl (C=O) groups is 2. The second-order valence-corrected chi connectivity index (χ2v) is 9.11. The molecule has 0 saturated carbocycles. The topological polar surface area (TPSA) is 138 Å². The van der Waals surface area contributed by atoms with Gasteiger partial charge in [-0.05, 0) is 50.5 Å². The number of H-pyrrole nitrogens is 1. The monoisotopic (exact) mass is 581 g/mol. The Morgan fingerprint density at radius 2 is 1.90 bits per heavy atom. The number of aromatic amines is 1. The summed E-state index contributed by atoms with van der Waals surface area (Å²) < 4.78 is 72.8. The number of rotatable bonds is 6. The van der Waals surface area contributed by atoms with Crippen molar-refractivity contribution in [1.82, 2.24) is 35.8 Å². The Labute approximate surface area is 224 Å². The molecule has 1 atom stereocenters. The van der Waals surface area contributed by atoms with Gasteiger partial charge < -0.3 is 25.3 Å². The molecule has 1 fully saturated rings. The first-order valence-corrected chi connectivity index (χ1v) is 11.7. The molecule has 0 bridgehead atoms. The number of amides is 3. The number of fused-ring (bicyclic) bond motifs is 1. The first kappa shape index (κ1) is 32.3. The fourth-order valence-electron chi connectivity index (χ4n) is 3.21. The molecule has 3 amide bonds. The van der Waals surface area contributed by atoms with Crippen molar-refractivity contribution in [3.05, 3.63) is 41.0 Å². The van der Waals surface area contributed by atoms with Crippen molar-refractivity contribution in [2.45, 2.75) is 65.3 Å². The molecule has 222 valence electrons. The average molecular weight is 582 g/mol. The third-order valence-corrected chi connectivity index (χ3v) is 5.60. The fraction of sp³-hybridized carbons (Fsp3) is 0.522. The Bertz CT molecular complexity index is 1280. The van der Waals surface area contributed by atoms with Crippen LogP contribution in [-0.2, 0) is 17.8 Å². The Balaban J connectivity index is 0.000000362. The Hall–Kier alpha value is -3.89. The SMILES string of the molecule is COC(C)(C)C(F)(F)F.Cc1nonc1C(=O)NCc1nc2ccc(CN3CC(C)NC3=O)cc2[nH]1.FC(F)F. The number of alkyl halides is 6. The highest BCUT2D eigenvalue weighted by atomic mass is 19.4.